The molecule has 0 N–H and O–H groups in total. The molecule has 6 heteroatoms. The van der Waals surface area contributed by atoms with E-state index in [9.17, 15) is 0 Å². The minimum Gasteiger partial charge on any atom is -0.822 e. The SMILES string of the molecule is CCCCCCCC[N+](C)(C)C.O=P([O-])([O-])[O-].[H+].[H+]. The molecule has 0 bridgehead atoms. The minimum atomic E-state index is -5.39. The molecule has 5 nitrogen and oxygen atoms in total. The number of rotatable bonds is 7. The third-order valence-electron chi connectivity index (χ3n) is 2.18. The Bertz CT molecular complexity index is 211. The predicted octanol–water partition coefficient (Wildman–Crippen LogP) is 0.454. The zero-order chi connectivity index (χ0) is 13.9. The molecule has 0 aromatic heterocycles. The summed E-state index contributed by atoms with van der Waals surface area (Å²) in [4.78, 5) is 25.6. The monoisotopic (exact) mass is 269 g/mol. The Morgan fingerprint density at radius 2 is 1.29 bits per heavy atom. The van der Waals surface area contributed by atoms with Crippen LogP contribution in [0, 0.1) is 0 Å². The van der Waals surface area contributed by atoms with Crippen molar-refractivity contribution in [3.8, 4) is 0 Å². The summed E-state index contributed by atoms with van der Waals surface area (Å²) in [5.74, 6) is 0. The highest BCUT2D eigenvalue weighted by Crippen LogP contribution is 2.06. The van der Waals surface area contributed by atoms with Crippen molar-refractivity contribution in [2.45, 2.75) is 45.4 Å². The van der Waals surface area contributed by atoms with Gasteiger partial charge in [0.25, 0.3) is 0 Å². The molecule has 0 aliphatic rings. The molecule has 0 unspecified atom stereocenters. The van der Waals surface area contributed by atoms with E-state index >= 15 is 0 Å². The van der Waals surface area contributed by atoms with Crippen LogP contribution in [0.3, 0.4) is 0 Å². The number of unbranched alkanes of at least 4 members (excludes halogenated alkanes) is 5. The van der Waals surface area contributed by atoms with Crippen molar-refractivity contribution in [3.63, 3.8) is 0 Å². The first-order valence-electron chi connectivity index (χ1n) is 6.10. The van der Waals surface area contributed by atoms with Crippen LogP contribution in [-0.2, 0) is 4.57 Å². The summed E-state index contributed by atoms with van der Waals surface area (Å²) >= 11 is 0. The van der Waals surface area contributed by atoms with Crippen molar-refractivity contribution >= 4 is 7.82 Å². The molecule has 106 valence electrons. The first-order valence-corrected chi connectivity index (χ1v) is 7.56. The van der Waals surface area contributed by atoms with Gasteiger partial charge in [0.05, 0.1) is 27.7 Å². The molecule has 0 aliphatic carbocycles. The van der Waals surface area contributed by atoms with Crippen LogP contribution >= 0.6 is 7.82 Å². The summed E-state index contributed by atoms with van der Waals surface area (Å²) in [6, 6.07) is 0. The van der Waals surface area contributed by atoms with Crippen molar-refractivity contribution in [2.24, 2.45) is 0 Å². The lowest BCUT2D eigenvalue weighted by atomic mass is 10.1. The van der Waals surface area contributed by atoms with E-state index in [1.165, 1.54) is 45.1 Å². The smallest absolute Gasteiger partial charge is 0.822 e. The third-order valence-corrected chi connectivity index (χ3v) is 2.18. The van der Waals surface area contributed by atoms with Gasteiger partial charge in [0.15, 0.2) is 0 Å². The van der Waals surface area contributed by atoms with Gasteiger partial charge < -0.3 is 23.7 Å². The summed E-state index contributed by atoms with van der Waals surface area (Å²) in [7, 11) is 1.42. The van der Waals surface area contributed by atoms with E-state index in [2.05, 4.69) is 28.1 Å². The van der Waals surface area contributed by atoms with Crippen LogP contribution in [0.4, 0.5) is 0 Å². The maximum Gasteiger partial charge on any atom is 1.00 e. The summed E-state index contributed by atoms with van der Waals surface area (Å²) in [5.41, 5.74) is 0. The van der Waals surface area contributed by atoms with Crippen LogP contribution in [0.5, 0.6) is 0 Å². The molecule has 0 aromatic rings. The molecule has 0 aromatic carbocycles. The Morgan fingerprint density at radius 3 is 1.65 bits per heavy atom. The predicted molar refractivity (Wildman–Crippen MR) is 66.1 cm³/mol. The van der Waals surface area contributed by atoms with Crippen LogP contribution in [0.15, 0.2) is 0 Å². The van der Waals surface area contributed by atoms with E-state index in [0.717, 1.165) is 4.48 Å². The molecular weight excluding hydrogens is 241 g/mol. The van der Waals surface area contributed by atoms with Gasteiger partial charge in [-0.05, 0) is 12.8 Å². The topological polar surface area (TPSA) is 86.2 Å². The first-order chi connectivity index (χ1) is 7.56. The van der Waals surface area contributed by atoms with E-state index < -0.39 is 7.82 Å². The molecular formula is C11H28NO4P. The second kappa shape index (κ2) is 10.0. The summed E-state index contributed by atoms with van der Waals surface area (Å²) in [5, 5.41) is 0. The fourth-order valence-corrected chi connectivity index (χ4v) is 1.37. The largest absolute Gasteiger partial charge is 1.00 e. The Balaban J connectivity index is -0.000000139. The molecule has 0 fully saturated rings. The number of hydrogen-bond donors (Lipinski definition) is 0. The summed E-state index contributed by atoms with van der Waals surface area (Å²) in [6.07, 6.45) is 8.48. The number of quaternary nitrogens is 1. The summed E-state index contributed by atoms with van der Waals surface area (Å²) in [6.45, 7) is 3.60. The maximum absolute atomic E-state index is 8.55. The fraction of sp³-hybridized carbons (Fsp3) is 1.00. The van der Waals surface area contributed by atoms with Gasteiger partial charge in [0.1, 0.15) is 0 Å². The lowest BCUT2D eigenvalue weighted by Gasteiger charge is -2.36. The zero-order valence-corrected chi connectivity index (χ0v) is 12.4. The Hall–Kier alpha value is 0.0700. The zero-order valence-electron chi connectivity index (χ0n) is 13.5. The summed E-state index contributed by atoms with van der Waals surface area (Å²) < 4.78 is 9.67. The molecule has 0 amide bonds. The van der Waals surface area contributed by atoms with Crippen molar-refractivity contribution in [1.82, 2.24) is 0 Å². The highest BCUT2D eigenvalue weighted by molar-refractivity contribution is 7.40. The third kappa shape index (κ3) is 38.7. The lowest BCUT2D eigenvalue weighted by molar-refractivity contribution is -0.870. The van der Waals surface area contributed by atoms with Gasteiger partial charge in [0, 0.05) is 0 Å². The van der Waals surface area contributed by atoms with E-state index in [1.807, 2.05) is 0 Å². The quantitative estimate of drug-likeness (QED) is 0.381. The van der Waals surface area contributed by atoms with Crippen molar-refractivity contribution in [1.29, 1.82) is 0 Å². The Morgan fingerprint density at radius 1 is 0.941 bits per heavy atom. The van der Waals surface area contributed by atoms with E-state index in [4.69, 9.17) is 19.2 Å². The number of nitrogens with zero attached hydrogens (tertiary/aromatic N) is 1. The van der Waals surface area contributed by atoms with E-state index in [1.54, 1.807) is 0 Å². The molecule has 0 rings (SSSR count). The van der Waals surface area contributed by atoms with Gasteiger partial charge in [-0.15, -0.1) is 0 Å². The van der Waals surface area contributed by atoms with Gasteiger partial charge in [-0.3, -0.25) is 0 Å². The maximum atomic E-state index is 8.55. The first kappa shape index (κ1) is 19.4. The molecule has 0 radical (unpaired) electrons. The second-order valence-corrected chi connectivity index (χ2v) is 6.12. The number of phosphoric acid groups is 1. The van der Waals surface area contributed by atoms with Crippen LogP contribution in [-0.4, -0.2) is 32.2 Å². The fourth-order valence-electron chi connectivity index (χ4n) is 1.37. The van der Waals surface area contributed by atoms with E-state index in [-0.39, 0.29) is 2.85 Å². The average Bonchev–Trinajstić information content (AvgIpc) is 2.06. The normalized spacial score (nSPS) is 11.9. The average molecular weight is 269 g/mol. The molecule has 0 saturated carbocycles. The minimum absolute atomic E-state index is 0. The van der Waals surface area contributed by atoms with Crippen molar-refractivity contribution in [3.05, 3.63) is 0 Å². The Kier molecular flexibility index (Phi) is 11.5. The highest BCUT2D eigenvalue weighted by Gasteiger charge is 2.04. The van der Waals surface area contributed by atoms with Crippen LogP contribution in [0.2, 0.25) is 0 Å². The van der Waals surface area contributed by atoms with Gasteiger partial charge in [0.2, 0.25) is 0 Å². The molecule has 0 spiro atoms. The van der Waals surface area contributed by atoms with Crippen molar-refractivity contribution < 1.29 is 26.6 Å². The van der Waals surface area contributed by atoms with Crippen LogP contribution in [0.1, 0.15) is 48.3 Å². The second-order valence-electron chi connectivity index (χ2n) is 5.23. The van der Waals surface area contributed by atoms with Crippen LogP contribution in [0.25, 0.3) is 0 Å². The number of hydrogen-bond acceptors (Lipinski definition) is 4. The van der Waals surface area contributed by atoms with Gasteiger partial charge >= 0.3 is 2.85 Å². The lowest BCUT2D eigenvalue weighted by Crippen LogP contribution is -2.35. The van der Waals surface area contributed by atoms with E-state index in [0.29, 0.717) is 0 Å². The van der Waals surface area contributed by atoms with Gasteiger partial charge in [-0.25, -0.2) is 0 Å². The molecule has 0 saturated heterocycles. The van der Waals surface area contributed by atoms with Gasteiger partial charge in [-0.2, -0.15) is 7.82 Å². The van der Waals surface area contributed by atoms with Gasteiger partial charge in [-0.1, -0.05) is 32.6 Å². The van der Waals surface area contributed by atoms with Crippen molar-refractivity contribution in [2.75, 3.05) is 27.7 Å². The Labute approximate surface area is 108 Å². The molecule has 0 atom stereocenters. The standard InChI is InChI=1S/C11H26N.H3O4P/c1-5-6-7-8-9-10-11-12(2,3)4;1-5(2,3)4/h5-11H2,1-4H3;(H3,1,2,3,4)/q+1;/p-1. The highest BCUT2D eigenvalue weighted by atomic mass is 31.2. The molecule has 0 heterocycles. The molecule has 17 heavy (non-hydrogen) atoms. The molecule has 0 aliphatic heterocycles. The van der Waals surface area contributed by atoms with Crippen LogP contribution < -0.4 is 14.7 Å².